The highest BCUT2D eigenvalue weighted by Crippen LogP contribution is 2.29. The first-order chi connectivity index (χ1) is 18.5. The van der Waals surface area contributed by atoms with Crippen molar-refractivity contribution in [2.24, 2.45) is 5.41 Å². The first kappa shape index (κ1) is 28.1. The predicted molar refractivity (Wildman–Crippen MR) is 153 cm³/mol. The lowest BCUT2D eigenvalue weighted by molar-refractivity contribution is -0.121. The molecule has 1 atom stereocenters. The van der Waals surface area contributed by atoms with Crippen LogP contribution in [0.1, 0.15) is 27.7 Å². The average Bonchev–Trinajstić information content (AvgIpc) is 3.34. The van der Waals surface area contributed by atoms with Crippen LogP contribution in [0.2, 0.25) is 0 Å². The summed E-state index contributed by atoms with van der Waals surface area (Å²) in [7, 11) is 1.61. The number of methoxy groups -OCH3 is 1. The Morgan fingerprint density at radius 3 is 2.51 bits per heavy atom. The standard InChI is InChI=1S/C27H32BrN7O4/c1-16(24(36)29-13-14-34(26(37)38)15-27(2,3)4)30-25-31-21-19(7-6-8-20(21)28)23-32-22(33-35(23)25)17-9-11-18(39-5)12-10-17/h6-12,16H,13-15H2,1-5H3,(H,29,36)(H,30,31)(H,37,38)/t16-/m1/s1. The molecule has 0 aliphatic rings. The monoisotopic (exact) mass is 597 g/mol. The van der Waals surface area contributed by atoms with E-state index in [1.165, 1.54) is 4.90 Å². The van der Waals surface area contributed by atoms with Gasteiger partial charge in [0.2, 0.25) is 11.9 Å². The molecule has 12 heteroatoms. The molecule has 0 unspecified atom stereocenters. The number of rotatable bonds is 9. The molecule has 0 spiro atoms. The van der Waals surface area contributed by atoms with Gasteiger partial charge in [-0.05, 0) is 64.7 Å². The Morgan fingerprint density at radius 1 is 1.15 bits per heavy atom. The molecule has 2 heterocycles. The number of benzene rings is 2. The van der Waals surface area contributed by atoms with E-state index in [9.17, 15) is 14.7 Å². The van der Waals surface area contributed by atoms with E-state index in [1.54, 1.807) is 18.5 Å². The maximum atomic E-state index is 12.9. The van der Waals surface area contributed by atoms with Crippen molar-refractivity contribution in [2.75, 3.05) is 32.1 Å². The zero-order valence-electron chi connectivity index (χ0n) is 22.5. The molecule has 0 radical (unpaired) electrons. The van der Waals surface area contributed by atoms with Crippen molar-refractivity contribution in [3.05, 3.63) is 46.9 Å². The fourth-order valence-electron chi connectivity index (χ4n) is 4.09. The van der Waals surface area contributed by atoms with Crippen molar-refractivity contribution < 1.29 is 19.4 Å². The smallest absolute Gasteiger partial charge is 0.407 e. The van der Waals surface area contributed by atoms with E-state index < -0.39 is 12.1 Å². The Morgan fingerprint density at radius 2 is 1.87 bits per heavy atom. The van der Waals surface area contributed by atoms with Crippen molar-refractivity contribution in [1.82, 2.24) is 29.8 Å². The lowest BCUT2D eigenvalue weighted by atomic mass is 9.96. The SMILES string of the molecule is COc1ccc(-c2nc3c4cccc(Br)c4nc(N[C@H](C)C(=O)NCCN(CC(C)(C)C)C(=O)O)n3n2)cc1. The lowest BCUT2D eigenvalue weighted by Crippen LogP contribution is -2.44. The zero-order valence-corrected chi connectivity index (χ0v) is 24.1. The maximum Gasteiger partial charge on any atom is 0.407 e. The molecule has 4 aromatic rings. The molecule has 0 bridgehead atoms. The van der Waals surface area contributed by atoms with Crippen molar-refractivity contribution in [1.29, 1.82) is 0 Å². The summed E-state index contributed by atoms with van der Waals surface area (Å²) in [6, 6.07) is 12.5. The number of hydrogen-bond donors (Lipinski definition) is 3. The molecule has 0 fully saturated rings. The van der Waals surface area contributed by atoms with E-state index in [0.29, 0.717) is 29.5 Å². The maximum absolute atomic E-state index is 12.9. The van der Waals surface area contributed by atoms with Gasteiger partial charge in [0.25, 0.3) is 0 Å². The normalized spacial score (nSPS) is 12.4. The Bertz CT molecular complexity index is 1500. The molecule has 0 aliphatic heterocycles. The Kier molecular flexibility index (Phi) is 8.24. The van der Waals surface area contributed by atoms with Gasteiger partial charge in [-0.25, -0.2) is 14.8 Å². The molecule has 39 heavy (non-hydrogen) atoms. The molecule has 4 rings (SSSR count). The van der Waals surface area contributed by atoms with E-state index in [0.717, 1.165) is 21.2 Å². The molecule has 206 valence electrons. The largest absolute Gasteiger partial charge is 0.497 e. The zero-order chi connectivity index (χ0) is 28.3. The van der Waals surface area contributed by atoms with Crippen LogP contribution in [-0.2, 0) is 4.79 Å². The third-order valence-corrected chi connectivity index (χ3v) is 6.60. The van der Waals surface area contributed by atoms with Gasteiger partial charge in [0, 0.05) is 35.1 Å². The highest BCUT2D eigenvalue weighted by molar-refractivity contribution is 9.10. The summed E-state index contributed by atoms with van der Waals surface area (Å²) in [6.07, 6.45) is -1.02. The summed E-state index contributed by atoms with van der Waals surface area (Å²) in [5, 5.41) is 20.9. The number of halogens is 1. The minimum Gasteiger partial charge on any atom is -0.497 e. The summed E-state index contributed by atoms with van der Waals surface area (Å²) in [5.41, 5.74) is 1.87. The minimum absolute atomic E-state index is 0.185. The predicted octanol–water partition coefficient (Wildman–Crippen LogP) is 4.66. The van der Waals surface area contributed by atoms with E-state index >= 15 is 0 Å². The fraction of sp³-hybridized carbons (Fsp3) is 0.370. The quantitative estimate of drug-likeness (QED) is 0.254. The van der Waals surface area contributed by atoms with Crippen LogP contribution in [0, 0.1) is 5.41 Å². The highest BCUT2D eigenvalue weighted by atomic mass is 79.9. The molecule has 11 nitrogen and oxygen atoms in total. The number of carboxylic acid groups (broad SMARTS) is 1. The third kappa shape index (κ3) is 6.56. The topological polar surface area (TPSA) is 134 Å². The number of nitrogens with one attached hydrogen (secondary N) is 2. The van der Waals surface area contributed by atoms with Crippen LogP contribution < -0.4 is 15.4 Å². The molecular weight excluding hydrogens is 566 g/mol. The van der Waals surface area contributed by atoms with Gasteiger partial charge in [-0.2, -0.15) is 4.52 Å². The second kappa shape index (κ2) is 11.4. The number of anilines is 1. The summed E-state index contributed by atoms with van der Waals surface area (Å²) in [6.45, 7) is 8.34. The van der Waals surface area contributed by atoms with Gasteiger partial charge < -0.3 is 25.4 Å². The number of aromatic nitrogens is 4. The molecule has 2 amide bonds. The molecule has 0 saturated carbocycles. The van der Waals surface area contributed by atoms with Crippen LogP contribution in [0.4, 0.5) is 10.7 Å². The highest BCUT2D eigenvalue weighted by Gasteiger charge is 2.22. The minimum atomic E-state index is -1.02. The van der Waals surface area contributed by atoms with E-state index in [1.807, 2.05) is 63.2 Å². The third-order valence-electron chi connectivity index (χ3n) is 5.96. The van der Waals surface area contributed by atoms with Gasteiger partial charge in [-0.1, -0.05) is 26.8 Å². The summed E-state index contributed by atoms with van der Waals surface area (Å²) in [5.74, 6) is 1.28. The van der Waals surface area contributed by atoms with E-state index in [4.69, 9.17) is 19.8 Å². The van der Waals surface area contributed by atoms with Gasteiger partial charge in [0.05, 0.1) is 12.6 Å². The fourth-order valence-corrected chi connectivity index (χ4v) is 4.55. The van der Waals surface area contributed by atoms with Crippen molar-refractivity contribution >= 4 is 50.4 Å². The van der Waals surface area contributed by atoms with Gasteiger partial charge in [0.15, 0.2) is 11.5 Å². The molecule has 0 aliphatic carbocycles. The number of para-hydroxylation sites is 1. The molecule has 0 saturated heterocycles. The Labute approximate surface area is 234 Å². The van der Waals surface area contributed by atoms with Crippen molar-refractivity contribution in [3.63, 3.8) is 0 Å². The van der Waals surface area contributed by atoms with Crippen LogP contribution in [-0.4, -0.2) is 74.4 Å². The second-order valence-electron chi connectivity index (χ2n) is 10.4. The van der Waals surface area contributed by atoms with E-state index in [2.05, 4.69) is 26.6 Å². The number of ether oxygens (including phenoxy) is 1. The average molecular weight is 599 g/mol. The van der Waals surface area contributed by atoms with Gasteiger partial charge in [-0.15, -0.1) is 5.10 Å². The van der Waals surface area contributed by atoms with Crippen LogP contribution in [0.15, 0.2) is 46.9 Å². The first-order valence-corrected chi connectivity index (χ1v) is 13.3. The lowest BCUT2D eigenvalue weighted by Gasteiger charge is -2.28. The number of hydrogen-bond acceptors (Lipinski definition) is 7. The van der Waals surface area contributed by atoms with Crippen LogP contribution in [0.25, 0.3) is 27.9 Å². The molecule has 3 N–H and O–H groups in total. The van der Waals surface area contributed by atoms with Crippen molar-refractivity contribution in [3.8, 4) is 17.1 Å². The van der Waals surface area contributed by atoms with Crippen LogP contribution in [0.5, 0.6) is 5.75 Å². The van der Waals surface area contributed by atoms with Gasteiger partial charge >= 0.3 is 6.09 Å². The molecule has 2 aromatic carbocycles. The summed E-state index contributed by atoms with van der Waals surface area (Å²) < 4.78 is 7.63. The first-order valence-electron chi connectivity index (χ1n) is 12.5. The number of fused-ring (bicyclic) bond motifs is 3. The summed E-state index contributed by atoms with van der Waals surface area (Å²) in [4.78, 5) is 35.3. The van der Waals surface area contributed by atoms with Gasteiger partial charge in [0.1, 0.15) is 11.8 Å². The van der Waals surface area contributed by atoms with Crippen molar-refractivity contribution in [2.45, 2.75) is 33.7 Å². The Balaban J connectivity index is 1.58. The number of carbonyl (C=O) groups excluding carboxylic acids is 1. The summed E-state index contributed by atoms with van der Waals surface area (Å²) >= 11 is 3.57. The molecule has 2 aromatic heterocycles. The van der Waals surface area contributed by atoms with Crippen LogP contribution in [0.3, 0.4) is 0 Å². The number of amides is 2. The van der Waals surface area contributed by atoms with Crippen LogP contribution >= 0.6 is 15.9 Å². The molecular formula is C27H32BrN7O4. The second-order valence-corrected chi connectivity index (χ2v) is 11.2. The number of carbonyl (C=O) groups is 2. The number of nitrogens with zero attached hydrogens (tertiary/aromatic N) is 5. The van der Waals surface area contributed by atoms with Gasteiger partial charge in [-0.3, -0.25) is 4.79 Å². The van der Waals surface area contributed by atoms with E-state index in [-0.39, 0.29) is 24.4 Å². The Hall–Kier alpha value is -3.93.